The summed E-state index contributed by atoms with van der Waals surface area (Å²) in [5, 5.41) is 17.3. The van der Waals surface area contributed by atoms with Crippen molar-refractivity contribution in [2.45, 2.75) is 48.8 Å². The Bertz CT molecular complexity index is 1950. The van der Waals surface area contributed by atoms with E-state index >= 15 is 13.2 Å². The van der Waals surface area contributed by atoms with Gasteiger partial charge in [0.15, 0.2) is 42.4 Å². The molecule has 256 valence electrons. The number of aromatic nitrogens is 8. The fraction of sp³-hybridized carbons (Fsp3) is 0.524. The molecule has 8 N–H and O–H groups in total. The fourth-order valence-electron chi connectivity index (χ4n) is 5.30. The Hall–Kier alpha value is -2.73. The van der Waals surface area contributed by atoms with Crippen LogP contribution in [0.3, 0.4) is 0 Å². The van der Waals surface area contributed by atoms with Gasteiger partial charge in [-0.25, -0.2) is 14.4 Å². The quantitative estimate of drug-likeness (QED) is 0.108. The van der Waals surface area contributed by atoms with Crippen LogP contribution < -0.4 is 17.0 Å². The summed E-state index contributed by atoms with van der Waals surface area (Å²) >= 11 is 9.77. The van der Waals surface area contributed by atoms with Crippen LogP contribution >= 0.6 is 13.9 Å². The molecule has 0 amide bonds. The third-order valence-corrected chi connectivity index (χ3v) is 9.69. The predicted octanol–water partition coefficient (Wildman–Crippen LogP) is -0.222. The van der Waals surface area contributed by atoms with Gasteiger partial charge in [-0.3, -0.25) is 14.3 Å². The number of ether oxygens (including phenoxy) is 2. The van der Waals surface area contributed by atoms with E-state index in [0.29, 0.717) is 0 Å². The van der Waals surface area contributed by atoms with Gasteiger partial charge in [0.25, 0.3) is 5.56 Å². The molecule has 47 heavy (non-hydrogen) atoms. The van der Waals surface area contributed by atoms with Crippen LogP contribution in [0.25, 0.3) is 22.2 Å². The largest absolute Gasteiger partial charge is 0.396 e. The van der Waals surface area contributed by atoms with Crippen LogP contribution in [0.4, 0.5) is 24.9 Å². The Morgan fingerprint density at radius 3 is 2.74 bits per heavy atom. The molecule has 0 saturated carbocycles. The normalized spacial score (nSPS) is 29.4. The van der Waals surface area contributed by atoms with Gasteiger partial charge in [-0.05, 0) is 29.7 Å². The molecule has 4 aromatic heterocycles. The lowest BCUT2D eigenvalue weighted by Crippen LogP contribution is -2.42. The number of hydrogen-bond acceptors (Lipinski definition) is 16. The second kappa shape index (κ2) is 12.6. The molecule has 6 rings (SSSR count). The van der Waals surface area contributed by atoms with E-state index in [1.54, 1.807) is 0 Å². The van der Waals surface area contributed by atoms with Crippen molar-refractivity contribution in [1.82, 2.24) is 39.5 Å². The molecular weight excluding hydrogens is 719 g/mol. The Morgan fingerprint density at radius 1 is 1.26 bits per heavy atom. The number of H-pyrrole nitrogens is 1. The monoisotopic (exact) mass is 744 g/mol. The van der Waals surface area contributed by atoms with Crippen molar-refractivity contribution in [2.24, 2.45) is 0 Å². The lowest BCUT2D eigenvalue weighted by atomic mass is 9.97. The molecule has 0 radical (unpaired) electrons. The van der Waals surface area contributed by atoms with Crippen LogP contribution in [0, 0.1) is 0 Å². The highest BCUT2D eigenvalue weighted by atomic mass is 32.5. The summed E-state index contributed by atoms with van der Waals surface area (Å²) in [7, 11) is -3.15. The van der Waals surface area contributed by atoms with Gasteiger partial charge in [0.2, 0.25) is 12.2 Å². The van der Waals surface area contributed by atoms with E-state index in [0.717, 1.165) is 15.6 Å². The van der Waals surface area contributed by atoms with E-state index < -0.39 is 88.0 Å². The smallest absolute Gasteiger partial charge is 0.325 e. The van der Waals surface area contributed by atoms with Crippen molar-refractivity contribution in [1.29, 1.82) is 0 Å². The summed E-state index contributed by atoms with van der Waals surface area (Å²) in [5.41, 5.74) is 7.67. The van der Waals surface area contributed by atoms with Gasteiger partial charge in [0, 0.05) is 19.2 Å². The van der Waals surface area contributed by atoms with Crippen molar-refractivity contribution in [3.05, 3.63) is 28.9 Å². The molecule has 26 heteroatoms. The number of nitrogens with one attached hydrogen (secondary N) is 1. The van der Waals surface area contributed by atoms with Crippen molar-refractivity contribution >= 4 is 71.4 Å². The van der Waals surface area contributed by atoms with E-state index in [1.807, 2.05) is 0 Å². The van der Waals surface area contributed by atoms with Crippen LogP contribution in [0.2, 0.25) is 0 Å². The molecule has 2 fully saturated rings. The number of fused-ring (bicyclic) bond motifs is 2. The highest BCUT2D eigenvalue weighted by molar-refractivity contribution is 8.07. The van der Waals surface area contributed by atoms with Crippen LogP contribution in [-0.4, -0.2) is 104 Å². The number of nitrogens with two attached hydrogens (primary N) is 2. The summed E-state index contributed by atoms with van der Waals surface area (Å²) in [6.07, 6.45) is -7.71. The summed E-state index contributed by atoms with van der Waals surface area (Å²) < 4.78 is 76.7. The topological polar surface area (TPSA) is 266 Å². The summed E-state index contributed by atoms with van der Waals surface area (Å²) in [6.45, 7) is -6.90. The number of rotatable bonds is 11. The van der Waals surface area contributed by atoms with Crippen molar-refractivity contribution in [3.8, 4) is 0 Å². The molecule has 2 saturated heterocycles. The van der Waals surface area contributed by atoms with Gasteiger partial charge < -0.3 is 49.4 Å². The average Bonchev–Trinajstić information content (AvgIpc) is 3.73. The molecule has 8 atom stereocenters. The Kier molecular flexibility index (Phi) is 9.17. The number of halogens is 3. The standard InChI is InChI=1S/C21H25F3N10O9P2S2/c22-20(2-4-35)6-39-17(34-15-10(31-32-34)16(36)30-19(26)29-15)12(20)43-45(38,47)40-5-9-11(42-44(37)46)21(23,24)18(41-9)33-3-1-8-13(25)27-7-28-14(8)33/h1,3,7,9,11-12,17-18,35,44H,2,4-6H2,(H,37,46)(H,38,47)(H2,25,27,28)(H3,26,29,30,36)/t9-,11-,12+,17-,18-,20-,45?/m1/s1. The van der Waals surface area contributed by atoms with Crippen molar-refractivity contribution in [3.63, 3.8) is 0 Å². The predicted molar refractivity (Wildman–Crippen MR) is 162 cm³/mol. The third kappa shape index (κ3) is 6.29. The molecule has 0 spiro atoms. The summed E-state index contributed by atoms with van der Waals surface area (Å²) in [5.74, 6) is -4.16. The molecule has 0 aliphatic carbocycles. The lowest BCUT2D eigenvalue weighted by molar-refractivity contribution is -0.132. The maximum atomic E-state index is 16.1. The molecule has 2 aliphatic rings. The van der Waals surface area contributed by atoms with Crippen LogP contribution in [0.5, 0.6) is 0 Å². The Balaban J connectivity index is 1.26. The number of alkyl halides is 3. The molecule has 2 aliphatic heterocycles. The van der Waals surface area contributed by atoms with Crippen LogP contribution in [-0.2, 0) is 46.7 Å². The zero-order chi connectivity index (χ0) is 33.9. The molecular formula is C21H25F3N10O9P2S2. The van der Waals surface area contributed by atoms with E-state index in [4.69, 9.17) is 46.3 Å². The van der Waals surface area contributed by atoms with Gasteiger partial charge in [-0.2, -0.15) is 18.4 Å². The second-order valence-electron chi connectivity index (χ2n) is 10.4. The second-order valence-corrected chi connectivity index (χ2v) is 15.0. The average molecular weight is 745 g/mol. The van der Waals surface area contributed by atoms with Gasteiger partial charge in [-0.15, -0.1) is 5.10 Å². The zero-order valence-corrected chi connectivity index (χ0v) is 26.9. The Morgan fingerprint density at radius 2 is 2.02 bits per heavy atom. The van der Waals surface area contributed by atoms with Crippen LogP contribution in [0.15, 0.2) is 23.4 Å². The lowest BCUT2D eigenvalue weighted by Gasteiger charge is -2.31. The van der Waals surface area contributed by atoms with Gasteiger partial charge in [0.05, 0.1) is 18.6 Å². The number of nitrogens with zero attached hydrogens (tertiary/aromatic N) is 7. The number of hydrogen-bond donors (Lipinski definition) is 6. The molecule has 19 nitrogen and oxygen atoms in total. The maximum absolute atomic E-state index is 16.1. The van der Waals surface area contributed by atoms with Crippen LogP contribution in [0.1, 0.15) is 18.9 Å². The first-order valence-electron chi connectivity index (χ1n) is 13.3. The van der Waals surface area contributed by atoms with Gasteiger partial charge >= 0.3 is 12.6 Å². The fourth-order valence-corrected chi connectivity index (χ4v) is 7.58. The SMILES string of the molecule is Nc1nc2c(nnn2[C@@H]2OC[C@](F)(CCO)[C@H]2OP(O)(=S)OC[C@H]2O[C@@H](n3ccc4c(N)ncnc43)C(F)(F)[C@@H]2O[PH](O)=S)c(=O)[nH]1. The minimum atomic E-state index is -4.59. The van der Waals surface area contributed by atoms with Gasteiger partial charge in [-0.1, -0.05) is 5.21 Å². The van der Waals surface area contributed by atoms with Crippen molar-refractivity contribution < 1.29 is 51.1 Å². The number of nitrogen functional groups attached to an aromatic ring is 2. The van der Waals surface area contributed by atoms with E-state index in [-0.39, 0.29) is 34.0 Å². The Labute approximate surface area is 270 Å². The highest BCUT2D eigenvalue weighted by Crippen LogP contribution is 2.54. The molecule has 2 unspecified atom stereocenters. The molecule has 0 bridgehead atoms. The molecule has 0 aromatic carbocycles. The minimum Gasteiger partial charge on any atom is -0.396 e. The van der Waals surface area contributed by atoms with E-state index in [1.165, 1.54) is 12.3 Å². The minimum absolute atomic E-state index is 0.000295. The number of aliphatic hydroxyl groups excluding tert-OH is 1. The summed E-state index contributed by atoms with van der Waals surface area (Å²) in [4.78, 5) is 47.0. The van der Waals surface area contributed by atoms with E-state index in [2.05, 4.69) is 42.1 Å². The number of aromatic amines is 1. The zero-order valence-electron chi connectivity index (χ0n) is 23.4. The summed E-state index contributed by atoms with van der Waals surface area (Å²) in [6, 6.07) is 1.40. The highest BCUT2D eigenvalue weighted by Gasteiger charge is 2.62. The first-order valence-corrected chi connectivity index (χ1v) is 18.4. The third-order valence-electron chi connectivity index (χ3n) is 7.40. The first kappa shape index (κ1) is 34.1. The first-order chi connectivity index (χ1) is 22.1. The molecule has 6 heterocycles. The number of aliphatic hydroxyl groups is 1. The molecule has 4 aromatic rings. The van der Waals surface area contributed by atoms with E-state index in [9.17, 15) is 19.7 Å². The van der Waals surface area contributed by atoms with Gasteiger partial charge in [0.1, 0.15) is 23.9 Å². The van der Waals surface area contributed by atoms with Crippen molar-refractivity contribution in [2.75, 3.05) is 31.3 Å². The maximum Gasteiger partial charge on any atom is 0.325 e. The number of anilines is 2.